The van der Waals surface area contributed by atoms with Crippen molar-refractivity contribution < 1.29 is 27.8 Å². The third-order valence-corrected chi connectivity index (χ3v) is 4.46. The Morgan fingerprint density at radius 3 is 2.48 bits per heavy atom. The molecule has 2 N–H and O–H groups in total. The maximum Gasteiger partial charge on any atom is 0.573 e. The van der Waals surface area contributed by atoms with Crippen molar-refractivity contribution in [1.82, 2.24) is 19.5 Å². The van der Waals surface area contributed by atoms with E-state index in [-0.39, 0.29) is 17.8 Å². The van der Waals surface area contributed by atoms with Crippen LogP contribution in [0.5, 0.6) is 5.75 Å². The van der Waals surface area contributed by atoms with E-state index < -0.39 is 29.2 Å². The Labute approximate surface area is 178 Å². The molecule has 0 bridgehead atoms. The van der Waals surface area contributed by atoms with E-state index in [0.717, 1.165) is 28.3 Å². The quantitative estimate of drug-likeness (QED) is 0.593. The summed E-state index contributed by atoms with van der Waals surface area (Å²) in [5.74, 6) is -1.15. The lowest BCUT2D eigenvalue weighted by Crippen LogP contribution is -2.41. The zero-order valence-electron chi connectivity index (χ0n) is 16.3. The van der Waals surface area contributed by atoms with Crippen molar-refractivity contribution in [3.8, 4) is 22.7 Å². The van der Waals surface area contributed by atoms with Gasteiger partial charge in [-0.1, -0.05) is 0 Å². The second kappa shape index (κ2) is 8.47. The summed E-state index contributed by atoms with van der Waals surface area (Å²) in [5.41, 5.74) is -1.33. The normalized spacial score (nSPS) is 11.9. The van der Waals surface area contributed by atoms with E-state index >= 15 is 0 Å². The number of aliphatic hydroxyl groups is 1. The van der Waals surface area contributed by atoms with Crippen molar-refractivity contribution in [2.45, 2.75) is 25.8 Å². The molecule has 0 aliphatic rings. The number of amides is 1. The number of carbonyl (C=O) groups excluding carboxylic acids is 1. The minimum Gasteiger partial charge on any atom is -0.406 e. The summed E-state index contributed by atoms with van der Waals surface area (Å²) in [4.78, 5) is 25.4. The predicted octanol–water partition coefficient (Wildman–Crippen LogP) is 2.76. The average molecular weight is 454 g/mol. The fraction of sp³-hybridized carbons (Fsp3) is 0.263. The van der Waals surface area contributed by atoms with E-state index in [9.17, 15) is 27.9 Å². The molecule has 0 radical (unpaired) electrons. The van der Waals surface area contributed by atoms with Crippen LogP contribution >= 0.6 is 11.5 Å². The molecule has 3 rings (SSSR count). The van der Waals surface area contributed by atoms with Crippen LogP contribution in [0.4, 0.5) is 13.2 Å². The van der Waals surface area contributed by atoms with Crippen molar-refractivity contribution in [3.63, 3.8) is 0 Å². The Hall–Kier alpha value is -3.25. The molecule has 0 fully saturated rings. The molecule has 0 atom stereocenters. The molecule has 0 saturated carbocycles. The Morgan fingerprint density at radius 1 is 1.26 bits per heavy atom. The number of rotatable bonds is 6. The Kier molecular flexibility index (Phi) is 6.13. The predicted molar refractivity (Wildman–Crippen MR) is 106 cm³/mol. The fourth-order valence-corrected chi connectivity index (χ4v) is 2.99. The van der Waals surface area contributed by atoms with E-state index in [2.05, 4.69) is 19.5 Å². The topological polar surface area (TPSA) is 106 Å². The van der Waals surface area contributed by atoms with Crippen molar-refractivity contribution in [2.24, 2.45) is 0 Å². The minimum absolute atomic E-state index is 0.105. The van der Waals surface area contributed by atoms with Crippen LogP contribution < -0.4 is 15.6 Å². The van der Waals surface area contributed by atoms with Crippen LogP contribution in [0.25, 0.3) is 16.9 Å². The lowest BCUT2D eigenvalue weighted by Gasteiger charge is -2.17. The van der Waals surface area contributed by atoms with E-state index in [1.54, 1.807) is 5.38 Å². The van der Waals surface area contributed by atoms with Gasteiger partial charge in [0.15, 0.2) is 0 Å². The molecule has 0 saturated heterocycles. The van der Waals surface area contributed by atoms with Gasteiger partial charge in [0.05, 0.1) is 23.2 Å². The van der Waals surface area contributed by atoms with Crippen LogP contribution in [0.15, 0.2) is 46.7 Å². The van der Waals surface area contributed by atoms with Gasteiger partial charge in [0, 0.05) is 17.5 Å². The smallest absolute Gasteiger partial charge is 0.406 e. The summed E-state index contributed by atoms with van der Waals surface area (Å²) in [6.07, 6.45) is -3.44. The van der Waals surface area contributed by atoms with Crippen molar-refractivity contribution in [1.29, 1.82) is 0 Å². The van der Waals surface area contributed by atoms with Crippen molar-refractivity contribution >= 4 is 17.4 Å². The van der Waals surface area contributed by atoms with Crippen LogP contribution in [0.1, 0.15) is 24.2 Å². The van der Waals surface area contributed by atoms with E-state index in [0.29, 0.717) is 11.3 Å². The zero-order valence-corrected chi connectivity index (χ0v) is 17.1. The van der Waals surface area contributed by atoms with Crippen LogP contribution in [0.2, 0.25) is 0 Å². The standard InChI is InChI=1S/C19H17F3N4O4S/c1-18(2,29)10-23-16(27)14-7-15(25-26(17(14)28)12-8-24-31-9-12)11-3-5-13(6-4-11)30-19(20,21)22/h3-9,29H,10H2,1-2H3,(H,23,27). The number of alkyl halides is 3. The summed E-state index contributed by atoms with van der Waals surface area (Å²) < 4.78 is 45.9. The second-order valence-corrected chi connectivity index (χ2v) is 7.77. The zero-order chi connectivity index (χ0) is 22.8. The molecule has 12 heteroatoms. The van der Waals surface area contributed by atoms with Gasteiger partial charge in [-0.2, -0.15) is 14.2 Å². The highest BCUT2D eigenvalue weighted by molar-refractivity contribution is 7.03. The molecule has 1 amide bonds. The number of hydrogen-bond acceptors (Lipinski definition) is 7. The molecule has 0 spiro atoms. The van der Waals surface area contributed by atoms with Gasteiger partial charge in [-0.15, -0.1) is 13.2 Å². The highest BCUT2D eigenvalue weighted by Crippen LogP contribution is 2.26. The summed E-state index contributed by atoms with van der Waals surface area (Å²) in [6.45, 7) is 2.88. The molecule has 31 heavy (non-hydrogen) atoms. The number of benzene rings is 1. The number of nitrogens with zero attached hydrogens (tertiary/aromatic N) is 3. The van der Waals surface area contributed by atoms with Crippen molar-refractivity contribution in [2.75, 3.05) is 6.54 Å². The summed E-state index contributed by atoms with van der Waals surface area (Å²) in [5, 5.41) is 18.1. The number of halogens is 3. The molecule has 3 aromatic rings. The van der Waals surface area contributed by atoms with Gasteiger partial charge in [-0.05, 0) is 55.7 Å². The molecule has 0 unspecified atom stereocenters. The van der Waals surface area contributed by atoms with E-state index in [4.69, 9.17) is 0 Å². The van der Waals surface area contributed by atoms with Crippen LogP contribution in [0.3, 0.4) is 0 Å². The second-order valence-electron chi connectivity index (χ2n) is 7.11. The Bertz CT molecular complexity index is 1120. The van der Waals surface area contributed by atoms with Gasteiger partial charge >= 0.3 is 6.36 Å². The molecular formula is C19H17F3N4O4S. The molecule has 1 aromatic carbocycles. The average Bonchev–Trinajstić information content (AvgIpc) is 3.20. The van der Waals surface area contributed by atoms with Gasteiger partial charge in [-0.25, -0.2) is 0 Å². The largest absolute Gasteiger partial charge is 0.573 e. The van der Waals surface area contributed by atoms with E-state index in [1.807, 2.05) is 0 Å². The first-order chi connectivity index (χ1) is 14.4. The number of aromatic nitrogens is 3. The maximum absolute atomic E-state index is 12.8. The summed E-state index contributed by atoms with van der Waals surface area (Å²) in [7, 11) is 0. The summed E-state index contributed by atoms with van der Waals surface area (Å²) >= 11 is 1.07. The molecule has 2 aromatic heterocycles. The van der Waals surface area contributed by atoms with Gasteiger partial charge < -0.3 is 15.2 Å². The van der Waals surface area contributed by atoms with Gasteiger partial charge in [0.2, 0.25) is 0 Å². The monoisotopic (exact) mass is 454 g/mol. The van der Waals surface area contributed by atoms with Crippen LogP contribution in [-0.2, 0) is 0 Å². The van der Waals surface area contributed by atoms with Gasteiger partial charge in [-0.3, -0.25) is 9.59 Å². The maximum atomic E-state index is 12.8. The fourth-order valence-electron chi connectivity index (χ4n) is 2.50. The highest BCUT2D eigenvalue weighted by Gasteiger charge is 2.31. The molecular weight excluding hydrogens is 437 g/mol. The third-order valence-electron chi connectivity index (χ3n) is 3.89. The lowest BCUT2D eigenvalue weighted by molar-refractivity contribution is -0.274. The first-order valence-corrected chi connectivity index (χ1v) is 9.67. The van der Waals surface area contributed by atoms with Crippen LogP contribution in [0, 0.1) is 0 Å². The first kappa shape index (κ1) is 22.4. The SMILES string of the molecule is CC(C)(O)CNC(=O)c1cc(-c2ccc(OC(F)(F)F)cc2)nn(-c2cnsc2)c1=O. The molecule has 164 valence electrons. The van der Waals surface area contributed by atoms with E-state index in [1.165, 1.54) is 38.2 Å². The lowest BCUT2D eigenvalue weighted by atomic mass is 10.1. The number of carbonyl (C=O) groups is 1. The molecule has 2 heterocycles. The third kappa shape index (κ3) is 5.89. The Morgan fingerprint density at radius 2 is 1.94 bits per heavy atom. The number of ether oxygens (including phenoxy) is 1. The molecule has 0 aliphatic carbocycles. The molecule has 8 nitrogen and oxygen atoms in total. The Balaban J connectivity index is 2.03. The minimum atomic E-state index is -4.83. The van der Waals surface area contributed by atoms with Gasteiger partial charge in [0.1, 0.15) is 11.3 Å². The first-order valence-electron chi connectivity index (χ1n) is 8.84. The van der Waals surface area contributed by atoms with Crippen LogP contribution in [-0.4, -0.2) is 43.7 Å². The van der Waals surface area contributed by atoms with Crippen molar-refractivity contribution in [3.05, 3.63) is 57.8 Å². The highest BCUT2D eigenvalue weighted by atomic mass is 32.1. The summed E-state index contributed by atoms with van der Waals surface area (Å²) in [6, 6.07) is 6.07. The molecule has 0 aliphatic heterocycles. The number of hydrogen-bond donors (Lipinski definition) is 2. The van der Waals surface area contributed by atoms with Gasteiger partial charge in [0.25, 0.3) is 11.5 Å². The number of nitrogens with one attached hydrogen (secondary N) is 1.